The number of hydrogen-bond acceptors (Lipinski definition) is 6. The molecule has 0 unspecified atom stereocenters. The molecule has 0 saturated carbocycles. The Morgan fingerprint density at radius 1 is 0.759 bits per heavy atom. The monoisotopic (exact) mass is 424 g/mol. The Bertz CT molecular complexity index is 331. The molecule has 0 radical (unpaired) electrons. The zero-order chi connectivity index (χ0) is 22.3. The maximum atomic E-state index is 9.38. The van der Waals surface area contributed by atoms with Crippen LogP contribution in [-0.2, 0) is 9.47 Å². The predicted octanol–water partition coefficient (Wildman–Crippen LogP) is 4.84. The molecule has 0 aliphatic heterocycles. The van der Waals surface area contributed by atoms with Crippen LogP contribution >= 0.6 is 0 Å². The van der Waals surface area contributed by atoms with Gasteiger partial charge in [-0.25, -0.2) is 4.79 Å². The van der Waals surface area contributed by atoms with Gasteiger partial charge in [0.2, 0.25) is 0 Å². The van der Waals surface area contributed by atoms with Gasteiger partial charge in [0, 0.05) is 6.61 Å². The number of carbonyl (C=O) groups is 2. The molecule has 0 atom stereocenters. The molecule has 0 rings (SSSR count). The van der Waals surface area contributed by atoms with E-state index in [0.29, 0.717) is 0 Å². The minimum absolute atomic E-state index is 0. The lowest BCUT2D eigenvalue weighted by atomic mass is 10.1. The van der Waals surface area contributed by atoms with Crippen molar-refractivity contribution < 1.29 is 33.8 Å². The van der Waals surface area contributed by atoms with E-state index in [-0.39, 0.29) is 19.4 Å². The van der Waals surface area contributed by atoms with Crippen LogP contribution in [0.25, 0.3) is 0 Å². The molecular weight excluding hydrogens is 376 g/mol. The average Bonchev–Trinajstić information content (AvgIpc) is 2.56. The molecule has 0 aromatic rings. The molecule has 8 heteroatoms. The van der Waals surface area contributed by atoms with Crippen molar-refractivity contribution in [2.75, 3.05) is 40.9 Å². The van der Waals surface area contributed by atoms with Crippen molar-refractivity contribution in [2.24, 2.45) is 0 Å². The topological polar surface area (TPSA) is 131 Å². The first-order chi connectivity index (χ1) is 13.1. The van der Waals surface area contributed by atoms with Crippen molar-refractivity contribution in [1.82, 2.24) is 6.15 Å². The van der Waals surface area contributed by atoms with Crippen LogP contribution in [0.4, 0.5) is 9.59 Å². The van der Waals surface area contributed by atoms with Gasteiger partial charge < -0.3 is 35.1 Å². The van der Waals surface area contributed by atoms with E-state index in [2.05, 4.69) is 37.5 Å². The fourth-order valence-electron chi connectivity index (χ4n) is 2.31. The molecule has 0 heterocycles. The van der Waals surface area contributed by atoms with Gasteiger partial charge in [-0.05, 0) is 26.7 Å². The third kappa shape index (κ3) is 51.9. The number of quaternary nitrogens is 1. The summed E-state index contributed by atoms with van der Waals surface area (Å²) in [6.07, 6.45) is 11.7. The van der Waals surface area contributed by atoms with E-state index in [9.17, 15) is 14.7 Å². The van der Waals surface area contributed by atoms with Crippen LogP contribution in [0.2, 0.25) is 0 Å². The van der Waals surface area contributed by atoms with Crippen LogP contribution in [0.1, 0.15) is 85.0 Å². The van der Waals surface area contributed by atoms with Crippen molar-refractivity contribution in [1.29, 1.82) is 0 Å². The molecule has 0 spiro atoms. The lowest BCUT2D eigenvalue weighted by Gasteiger charge is -2.23. The van der Waals surface area contributed by atoms with E-state index in [4.69, 9.17) is 5.11 Å². The van der Waals surface area contributed by atoms with Crippen LogP contribution in [0.5, 0.6) is 0 Å². The highest BCUT2D eigenvalue weighted by Gasteiger charge is 2.04. The Morgan fingerprint density at radius 2 is 1.14 bits per heavy atom. The lowest BCUT2D eigenvalue weighted by molar-refractivity contribution is -0.870. The number of nitrogens with zero attached hydrogens (tertiary/aromatic N) is 1. The van der Waals surface area contributed by atoms with Crippen molar-refractivity contribution in [3.63, 3.8) is 0 Å². The van der Waals surface area contributed by atoms with Gasteiger partial charge in [0.25, 0.3) is 6.16 Å². The Labute approximate surface area is 178 Å². The highest BCUT2D eigenvalue weighted by molar-refractivity contribution is 5.56. The summed E-state index contributed by atoms with van der Waals surface area (Å²) in [6.45, 7) is 7.21. The van der Waals surface area contributed by atoms with E-state index in [1.165, 1.54) is 70.8 Å². The van der Waals surface area contributed by atoms with Crippen LogP contribution in [0.15, 0.2) is 0 Å². The summed E-state index contributed by atoms with van der Waals surface area (Å²) < 4.78 is 8.93. The quantitative estimate of drug-likeness (QED) is 0.245. The summed E-state index contributed by atoms with van der Waals surface area (Å²) in [5, 5.41) is 17.0. The van der Waals surface area contributed by atoms with Gasteiger partial charge in [-0.15, -0.1) is 0 Å². The number of carboxylic acid groups (broad SMARTS) is 2. The molecule has 29 heavy (non-hydrogen) atoms. The zero-order valence-electron chi connectivity index (χ0n) is 19.8. The van der Waals surface area contributed by atoms with Crippen LogP contribution in [0, 0.1) is 0 Å². The molecule has 0 amide bonds. The maximum absolute atomic E-state index is 9.38. The normalized spacial score (nSPS) is 9.72. The number of carbonyl (C=O) groups excluding carboxylic acids is 1. The first-order valence-electron chi connectivity index (χ1n) is 10.6. The minimum atomic E-state index is -1.46. The van der Waals surface area contributed by atoms with E-state index in [1.54, 1.807) is 13.8 Å². The first-order valence-corrected chi connectivity index (χ1v) is 10.6. The summed E-state index contributed by atoms with van der Waals surface area (Å²) in [7, 11) is 6.86. The number of hydrogen-bond donors (Lipinski definition) is 2. The van der Waals surface area contributed by atoms with Gasteiger partial charge in [0.05, 0.1) is 34.3 Å². The molecule has 178 valence electrons. The summed E-state index contributed by atoms with van der Waals surface area (Å²) in [5.74, 6) is 0. The number of rotatable bonds is 13. The fraction of sp³-hybridized carbons (Fsp3) is 0.905. The Kier molecular flexibility index (Phi) is 31.9. The molecule has 0 bridgehead atoms. The second kappa shape index (κ2) is 26.5. The molecular formula is C21H48N2O6. The summed E-state index contributed by atoms with van der Waals surface area (Å²) in [4.78, 5) is 18.6. The smallest absolute Gasteiger partial charge is 0.505 e. The predicted molar refractivity (Wildman–Crippen MR) is 116 cm³/mol. The Hall–Kier alpha value is -1.54. The van der Waals surface area contributed by atoms with Crippen LogP contribution in [-0.4, -0.2) is 62.8 Å². The second-order valence-electron chi connectivity index (χ2n) is 7.58. The van der Waals surface area contributed by atoms with Gasteiger partial charge in [0.1, 0.15) is 0 Å². The van der Waals surface area contributed by atoms with Crippen molar-refractivity contribution in [2.45, 2.75) is 85.0 Å². The Balaban J connectivity index is -0.000000199. The standard InChI is InChI=1S/C15H34N.2C3H6O3.H3N/c1-5-6-7-8-9-10-11-12-13-14-15-16(2,3)4;2*1-2-6-3(4)5;/h5-15H2,1-4H3;2*2H2,1H3,(H,4,5);1H3/q+1;;;/p-1. The molecule has 0 fully saturated rings. The van der Waals surface area contributed by atoms with Gasteiger partial charge in [0.15, 0.2) is 0 Å². The third-order valence-electron chi connectivity index (χ3n) is 3.71. The summed E-state index contributed by atoms with van der Waals surface area (Å²) in [5.41, 5.74) is 0. The van der Waals surface area contributed by atoms with E-state index < -0.39 is 12.3 Å². The summed E-state index contributed by atoms with van der Waals surface area (Å²) in [6, 6.07) is 0. The summed E-state index contributed by atoms with van der Waals surface area (Å²) >= 11 is 0. The number of unbranched alkanes of at least 4 members (excludes halogenated alkanes) is 9. The fourth-order valence-corrected chi connectivity index (χ4v) is 2.31. The van der Waals surface area contributed by atoms with Gasteiger partial charge in [-0.2, -0.15) is 0 Å². The molecule has 8 nitrogen and oxygen atoms in total. The largest absolute Gasteiger partial charge is 0.550 e. The molecule has 0 aliphatic rings. The second-order valence-corrected chi connectivity index (χ2v) is 7.58. The first kappa shape index (κ1) is 34.9. The van der Waals surface area contributed by atoms with E-state index in [0.717, 1.165) is 4.48 Å². The highest BCUT2D eigenvalue weighted by atomic mass is 16.7. The minimum Gasteiger partial charge on any atom is -0.550 e. The van der Waals surface area contributed by atoms with E-state index >= 15 is 0 Å². The van der Waals surface area contributed by atoms with Crippen LogP contribution < -0.4 is 11.3 Å². The van der Waals surface area contributed by atoms with Crippen molar-refractivity contribution >= 4 is 12.3 Å². The molecule has 0 aliphatic carbocycles. The van der Waals surface area contributed by atoms with E-state index in [1.807, 2.05) is 0 Å². The molecule has 0 aromatic heterocycles. The highest BCUT2D eigenvalue weighted by Crippen LogP contribution is 2.10. The molecule has 0 saturated heterocycles. The van der Waals surface area contributed by atoms with Gasteiger partial charge in [-0.1, -0.05) is 58.3 Å². The lowest BCUT2D eigenvalue weighted by Crippen LogP contribution is -2.35. The van der Waals surface area contributed by atoms with Gasteiger partial charge >= 0.3 is 6.16 Å². The average molecular weight is 425 g/mol. The SMILES string of the molecule is CCCCCCCCCCCC[N+](C)(C)C.CCOC(=O)O.CCOC(=O)[O-].N. The van der Waals surface area contributed by atoms with Crippen molar-refractivity contribution in [3.8, 4) is 0 Å². The van der Waals surface area contributed by atoms with Crippen LogP contribution in [0.3, 0.4) is 0 Å². The molecule has 4 N–H and O–H groups in total. The Morgan fingerprint density at radius 3 is 1.34 bits per heavy atom. The van der Waals surface area contributed by atoms with Crippen molar-refractivity contribution in [3.05, 3.63) is 0 Å². The third-order valence-corrected chi connectivity index (χ3v) is 3.71. The molecule has 0 aromatic carbocycles. The maximum Gasteiger partial charge on any atom is 0.505 e. The number of ether oxygens (including phenoxy) is 2. The zero-order valence-corrected chi connectivity index (χ0v) is 19.8. The van der Waals surface area contributed by atoms with Gasteiger partial charge in [-0.3, -0.25) is 0 Å².